The first-order chi connectivity index (χ1) is 6.75. The van der Waals surface area contributed by atoms with Crippen molar-refractivity contribution in [1.82, 2.24) is 5.32 Å². The monoisotopic (exact) mass is 211 g/mol. The molecule has 0 bridgehead atoms. The fraction of sp³-hybridized carbons (Fsp3) is 0.400. The fourth-order valence-corrected chi connectivity index (χ4v) is 1.38. The van der Waals surface area contributed by atoms with Gasteiger partial charge in [-0.05, 0) is 18.6 Å². The second-order valence-corrected chi connectivity index (χ2v) is 4.02. The van der Waals surface area contributed by atoms with Crippen LogP contribution in [0.15, 0.2) is 23.0 Å². The number of hydrogen-bond donors (Lipinski definition) is 3. The van der Waals surface area contributed by atoms with Crippen molar-refractivity contribution in [2.24, 2.45) is 5.41 Å². The van der Waals surface area contributed by atoms with E-state index in [2.05, 4.69) is 5.32 Å². The van der Waals surface area contributed by atoms with Crippen LogP contribution in [-0.4, -0.2) is 22.2 Å². The molecule has 0 aliphatic carbocycles. The van der Waals surface area contributed by atoms with E-state index in [0.29, 0.717) is 5.57 Å². The van der Waals surface area contributed by atoms with Crippen molar-refractivity contribution in [2.45, 2.75) is 20.8 Å². The molecule has 0 atom stereocenters. The van der Waals surface area contributed by atoms with E-state index in [-0.39, 0.29) is 11.4 Å². The van der Waals surface area contributed by atoms with Crippen LogP contribution in [0.5, 0.6) is 0 Å². The fourth-order valence-electron chi connectivity index (χ4n) is 1.38. The Labute approximate surface area is 87.1 Å². The van der Waals surface area contributed by atoms with Gasteiger partial charge in [0.2, 0.25) is 0 Å². The summed E-state index contributed by atoms with van der Waals surface area (Å²) in [5, 5.41) is 20.1. The Balaban J connectivity index is 3.22. The maximum atomic E-state index is 10.9. The minimum atomic E-state index is -1.16. The highest BCUT2D eigenvalue weighted by molar-refractivity contribution is 5.93. The minimum absolute atomic E-state index is 0.0556. The highest BCUT2D eigenvalue weighted by Gasteiger charge is 2.31. The minimum Gasteiger partial charge on any atom is -0.477 e. The molecule has 15 heavy (non-hydrogen) atoms. The Kier molecular flexibility index (Phi) is 2.57. The first kappa shape index (κ1) is 11.3. The van der Waals surface area contributed by atoms with Gasteiger partial charge in [0, 0.05) is 5.41 Å². The molecule has 0 spiro atoms. The Bertz CT molecular complexity index is 390. The summed E-state index contributed by atoms with van der Waals surface area (Å²) < 4.78 is 0. The molecule has 1 aliphatic rings. The summed E-state index contributed by atoms with van der Waals surface area (Å²) in [6.07, 6.45) is 1.51. The smallest absolute Gasteiger partial charge is 0.352 e. The van der Waals surface area contributed by atoms with Crippen molar-refractivity contribution in [3.63, 3.8) is 0 Å². The molecule has 0 saturated heterocycles. The summed E-state index contributed by atoms with van der Waals surface area (Å²) in [6, 6.07) is 0. The molecule has 5 heteroatoms. The number of rotatable bonds is 2. The van der Waals surface area contributed by atoms with Gasteiger partial charge in [-0.25, -0.2) is 9.59 Å². The molecule has 1 rings (SSSR count). The van der Waals surface area contributed by atoms with Crippen LogP contribution in [0.3, 0.4) is 0 Å². The van der Waals surface area contributed by atoms with Crippen LogP contribution in [0.1, 0.15) is 20.8 Å². The summed E-state index contributed by atoms with van der Waals surface area (Å²) in [5.74, 6) is -2.30. The molecule has 0 aromatic carbocycles. The average molecular weight is 211 g/mol. The van der Waals surface area contributed by atoms with Gasteiger partial charge in [0.25, 0.3) is 0 Å². The molecule has 1 heterocycles. The molecule has 1 aliphatic heterocycles. The number of carboxylic acid groups (broad SMARTS) is 2. The summed E-state index contributed by atoms with van der Waals surface area (Å²) >= 11 is 0. The Morgan fingerprint density at radius 1 is 1.27 bits per heavy atom. The number of carboxylic acids is 2. The van der Waals surface area contributed by atoms with Gasteiger partial charge >= 0.3 is 11.9 Å². The van der Waals surface area contributed by atoms with Gasteiger partial charge in [-0.3, -0.25) is 0 Å². The molecule has 0 aromatic rings. The number of allylic oxidation sites excluding steroid dienone is 2. The van der Waals surface area contributed by atoms with Crippen LogP contribution in [0.25, 0.3) is 0 Å². The molecule has 5 nitrogen and oxygen atoms in total. The van der Waals surface area contributed by atoms with Crippen LogP contribution in [-0.2, 0) is 9.59 Å². The standard InChI is InChI=1S/C10H13NO4/c1-5-7(9(14)15)11-6(8(12)13)4-10(5,2)3/h4,11H,1-3H3,(H,12,13)(H,14,15). The molecular formula is C10H13NO4. The van der Waals surface area contributed by atoms with Crippen molar-refractivity contribution in [2.75, 3.05) is 0 Å². The quantitative estimate of drug-likeness (QED) is 0.632. The molecule has 0 aromatic heterocycles. The SMILES string of the molecule is CC1=C(C(=O)O)NC(C(=O)O)=CC1(C)C. The lowest BCUT2D eigenvalue weighted by atomic mass is 9.81. The lowest BCUT2D eigenvalue weighted by molar-refractivity contribution is -0.133. The molecule has 0 amide bonds. The lowest BCUT2D eigenvalue weighted by Crippen LogP contribution is -2.34. The van der Waals surface area contributed by atoms with Gasteiger partial charge in [-0.2, -0.15) is 0 Å². The molecule has 3 N–H and O–H groups in total. The number of aliphatic carboxylic acids is 2. The third-order valence-electron chi connectivity index (χ3n) is 2.55. The number of dihydropyridines is 1. The molecule has 0 radical (unpaired) electrons. The normalized spacial score (nSPS) is 19.3. The molecular weight excluding hydrogens is 198 g/mol. The lowest BCUT2D eigenvalue weighted by Gasteiger charge is -2.29. The third-order valence-corrected chi connectivity index (χ3v) is 2.55. The number of nitrogens with one attached hydrogen (secondary N) is 1. The van der Waals surface area contributed by atoms with E-state index in [1.54, 1.807) is 20.8 Å². The zero-order chi connectivity index (χ0) is 11.8. The van der Waals surface area contributed by atoms with Crippen molar-refractivity contribution in [1.29, 1.82) is 0 Å². The summed E-state index contributed by atoms with van der Waals surface area (Å²) in [4.78, 5) is 21.7. The van der Waals surface area contributed by atoms with Crippen molar-refractivity contribution in [3.8, 4) is 0 Å². The number of carbonyl (C=O) groups is 2. The maximum absolute atomic E-state index is 10.9. The van der Waals surface area contributed by atoms with E-state index in [9.17, 15) is 9.59 Å². The number of hydrogen-bond acceptors (Lipinski definition) is 3. The van der Waals surface area contributed by atoms with Gasteiger partial charge in [-0.15, -0.1) is 0 Å². The van der Waals surface area contributed by atoms with Gasteiger partial charge < -0.3 is 15.5 Å². The first-order valence-corrected chi connectivity index (χ1v) is 4.43. The van der Waals surface area contributed by atoms with Gasteiger partial charge in [0.05, 0.1) is 0 Å². The predicted octanol–water partition coefficient (Wildman–Crippen LogP) is 0.943. The Morgan fingerprint density at radius 3 is 2.20 bits per heavy atom. The van der Waals surface area contributed by atoms with Crippen LogP contribution in [0, 0.1) is 5.41 Å². The summed E-state index contributed by atoms with van der Waals surface area (Å²) in [7, 11) is 0. The molecule has 0 saturated carbocycles. The Hall–Kier alpha value is -1.78. The topological polar surface area (TPSA) is 86.6 Å². The van der Waals surface area contributed by atoms with Crippen molar-refractivity contribution in [3.05, 3.63) is 23.0 Å². The van der Waals surface area contributed by atoms with Gasteiger partial charge in [-0.1, -0.05) is 13.8 Å². The van der Waals surface area contributed by atoms with Gasteiger partial charge in [0.15, 0.2) is 0 Å². The average Bonchev–Trinajstić information content (AvgIpc) is 2.08. The van der Waals surface area contributed by atoms with Crippen LogP contribution >= 0.6 is 0 Å². The highest BCUT2D eigenvalue weighted by atomic mass is 16.4. The predicted molar refractivity (Wildman–Crippen MR) is 53.0 cm³/mol. The second kappa shape index (κ2) is 3.42. The zero-order valence-corrected chi connectivity index (χ0v) is 8.79. The summed E-state index contributed by atoms with van der Waals surface area (Å²) in [6.45, 7) is 5.22. The highest BCUT2D eigenvalue weighted by Crippen LogP contribution is 2.33. The largest absolute Gasteiger partial charge is 0.477 e. The van der Waals surface area contributed by atoms with E-state index >= 15 is 0 Å². The van der Waals surface area contributed by atoms with Gasteiger partial charge in [0.1, 0.15) is 11.4 Å². The Morgan fingerprint density at radius 2 is 1.80 bits per heavy atom. The zero-order valence-electron chi connectivity index (χ0n) is 8.79. The maximum Gasteiger partial charge on any atom is 0.352 e. The van der Waals surface area contributed by atoms with Crippen LogP contribution in [0.2, 0.25) is 0 Å². The van der Waals surface area contributed by atoms with Crippen LogP contribution in [0.4, 0.5) is 0 Å². The molecule has 0 fully saturated rings. The molecule has 82 valence electrons. The third kappa shape index (κ3) is 2.01. The van der Waals surface area contributed by atoms with E-state index in [1.807, 2.05) is 0 Å². The van der Waals surface area contributed by atoms with Crippen molar-refractivity contribution < 1.29 is 19.8 Å². The first-order valence-electron chi connectivity index (χ1n) is 4.43. The molecule has 0 unspecified atom stereocenters. The van der Waals surface area contributed by atoms with E-state index in [1.165, 1.54) is 6.08 Å². The van der Waals surface area contributed by atoms with E-state index in [0.717, 1.165) is 0 Å². The van der Waals surface area contributed by atoms with Crippen molar-refractivity contribution >= 4 is 11.9 Å². The van der Waals surface area contributed by atoms with E-state index in [4.69, 9.17) is 10.2 Å². The summed E-state index contributed by atoms with van der Waals surface area (Å²) in [5.41, 5.74) is -0.102. The van der Waals surface area contributed by atoms with Crippen LogP contribution < -0.4 is 5.32 Å². The van der Waals surface area contributed by atoms with E-state index < -0.39 is 17.4 Å². The second-order valence-electron chi connectivity index (χ2n) is 4.02.